The van der Waals surface area contributed by atoms with Crippen LogP contribution in [-0.2, 0) is 23.1 Å². The van der Waals surface area contributed by atoms with Crippen LogP contribution in [0.4, 0.5) is 0 Å². The molecule has 202 valence electrons. The Morgan fingerprint density at radius 2 is 1.73 bits per heavy atom. The number of likely N-dealkylation sites (N-methyl/N-ethyl adjacent to an activating group) is 1. The van der Waals surface area contributed by atoms with Crippen molar-refractivity contribution < 1.29 is 9.59 Å². The van der Waals surface area contributed by atoms with E-state index in [1.807, 2.05) is 44.3 Å². The molecule has 2 aromatic heterocycles. The van der Waals surface area contributed by atoms with Gasteiger partial charge in [0.15, 0.2) is 0 Å². The summed E-state index contributed by atoms with van der Waals surface area (Å²) in [5.74, 6) is 0.965. The van der Waals surface area contributed by atoms with Gasteiger partial charge in [0.05, 0.1) is 24.1 Å². The van der Waals surface area contributed by atoms with Gasteiger partial charge in [-0.05, 0) is 38.6 Å². The number of imidazole rings is 1. The number of rotatable bonds is 12. The lowest BCUT2D eigenvalue weighted by Crippen LogP contribution is -2.28. The van der Waals surface area contributed by atoms with Gasteiger partial charge in [-0.15, -0.1) is 0 Å². The normalized spacial score (nSPS) is 10.2. The van der Waals surface area contributed by atoms with Gasteiger partial charge in [-0.25, -0.2) is 4.98 Å². The van der Waals surface area contributed by atoms with Crippen molar-refractivity contribution in [2.45, 2.75) is 38.5 Å². The lowest BCUT2D eigenvalue weighted by molar-refractivity contribution is -0.119. The zero-order valence-corrected chi connectivity index (χ0v) is 22.5. The van der Waals surface area contributed by atoms with Crippen LogP contribution in [0.3, 0.4) is 0 Å². The minimum Gasteiger partial charge on any atom is -0.403 e. The minimum absolute atomic E-state index is 0.0619. The Bertz CT molecular complexity index is 1040. The number of aryl methyl sites for hydroxylation is 2. The van der Waals surface area contributed by atoms with Crippen LogP contribution in [0, 0.1) is 0 Å². The van der Waals surface area contributed by atoms with E-state index in [1.54, 1.807) is 7.05 Å². The molecule has 0 fully saturated rings. The molecule has 6 N–H and O–H groups in total. The molecule has 37 heavy (non-hydrogen) atoms. The van der Waals surface area contributed by atoms with Crippen LogP contribution in [0.15, 0.2) is 55.1 Å². The fourth-order valence-electron chi connectivity index (χ4n) is 3.21. The van der Waals surface area contributed by atoms with E-state index < -0.39 is 0 Å². The van der Waals surface area contributed by atoms with Crippen LogP contribution in [0.2, 0.25) is 0 Å². The van der Waals surface area contributed by atoms with E-state index in [4.69, 9.17) is 5.73 Å². The molecular weight excluding hydrogens is 468 g/mol. The minimum atomic E-state index is -0.0619. The lowest BCUT2D eigenvalue weighted by Gasteiger charge is -2.01. The third-order valence-electron chi connectivity index (χ3n) is 5.07. The number of hydrogen-bond acceptors (Lipinski definition) is 7. The number of nitrogens with zero attached hydrogens (tertiary/aromatic N) is 3. The molecule has 0 aliphatic heterocycles. The largest absolute Gasteiger partial charge is 0.403 e. The molecule has 0 aliphatic rings. The summed E-state index contributed by atoms with van der Waals surface area (Å²) in [5.41, 5.74) is 9.25. The summed E-state index contributed by atoms with van der Waals surface area (Å²) in [5, 5.41) is 12.3. The lowest BCUT2D eigenvalue weighted by atomic mass is 10.1. The topological polar surface area (TPSA) is 143 Å². The predicted octanol–water partition coefficient (Wildman–Crippen LogP) is 2.76. The molecule has 3 rings (SSSR count). The molecular formula is C27H42N8O2. The highest BCUT2D eigenvalue weighted by Crippen LogP contribution is 2.23. The number of H-pyrrole nitrogens is 1. The number of benzene rings is 1. The molecule has 1 aromatic carbocycles. The standard InChI is InChI=1S/C20H24N4O.C5H11N3O.C2H7N/c1-24-13-12-18(23-24)16-8-10-17(11-9-16)19-15-21-20(22-19)7-5-3-2-4-6-14-25;1-7-5(9)4-8-3-2-6;1-3-2/h8-15H,2-7H2,1H3,(H,21,22);2-3,8H,4,6H2,1H3,(H,7,9);3H,1-2H3/b;3-2-;. The van der Waals surface area contributed by atoms with Gasteiger partial charge in [0.25, 0.3) is 0 Å². The molecule has 0 saturated carbocycles. The van der Waals surface area contributed by atoms with Gasteiger partial charge >= 0.3 is 0 Å². The van der Waals surface area contributed by atoms with Gasteiger partial charge < -0.3 is 31.5 Å². The Morgan fingerprint density at radius 3 is 2.32 bits per heavy atom. The Hall–Kier alpha value is -3.92. The second-order valence-electron chi connectivity index (χ2n) is 8.23. The molecule has 0 aliphatic carbocycles. The van der Waals surface area contributed by atoms with Gasteiger partial charge in [0.2, 0.25) is 5.91 Å². The number of unbranched alkanes of at least 4 members (excludes halogenated alkanes) is 4. The maximum Gasteiger partial charge on any atom is 0.239 e. The zero-order valence-electron chi connectivity index (χ0n) is 22.5. The number of hydrogen-bond donors (Lipinski definition) is 5. The summed E-state index contributed by atoms with van der Waals surface area (Å²) in [6, 6.07) is 10.4. The van der Waals surface area contributed by atoms with Gasteiger partial charge in [0, 0.05) is 51.1 Å². The van der Waals surface area contributed by atoms with Crippen molar-refractivity contribution in [3.8, 4) is 22.5 Å². The summed E-state index contributed by atoms with van der Waals surface area (Å²) in [4.78, 5) is 28.6. The van der Waals surface area contributed by atoms with Crippen LogP contribution in [0.1, 0.15) is 37.9 Å². The Kier molecular flexibility index (Phi) is 16.2. The fourth-order valence-corrected chi connectivity index (χ4v) is 3.21. The Labute approximate surface area is 220 Å². The van der Waals surface area contributed by atoms with Crippen molar-refractivity contribution in [3.63, 3.8) is 0 Å². The van der Waals surface area contributed by atoms with Crippen LogP contribution < -0.4 is 21.7 Å². The molecule has 0 bridgehead atoms. The fraction of sp³-hybridized carbons (Fsp3) is 0.407. The highest BCUT2D eigenvalue weighted by Gasteiger charge is 2.05. The van der Waals surface area contributed by atoms with E-state index >= 15 is 0 Å². The smallest absolute Gasteiger partial charge is 0.239 e. The van der Waals surface area contributed by atoms with E-state index in [9.17, 15) is 9.59 Å². The number of aromatic amines is 1. The predicted molar refractivity (Wildman–Crippen MR) is 149 cm³/mol. The van der Waals surface area contributed by atoms with Crippen LogP contribution in [0.25, 0.3) is 22.5 Å². The highest BCUT2D eigenvalue weighted by molar-refractivity contribution is 5.77. The molecule has 3 aromatic rings. The average Bonchev–Trinajstić information content (AvgIpc) is 3.56. The molecule has 0 unspecified atom stereocenters. The van der Waals surface area contributed by atoms with Crippen LogP contribution >= 0.6 is 0 Å². The summed E-state index contributed by atoms with van der Waals surface area (Å²) in [7, 11) is 7.25. The van der Waals surface area contributed by atoms with Gasteiger partial charge in [-0.2, -0.15) is 5.10 Å². The van der Waals surface area contributed by atoms with E-state index in [-0.39, 0.29) is 12.5 Å². The van der Waals surface area contributed by atoms with E-state index in [1.165, 1.54) is 12.4 Å². The molecule has 0 atom stereocenters. The van der Waals surface area contributed by atoms with Gasteiger partial charge in [-0.3, -0.25) is 9.48 Å². The molecule has 0 spiro atoms. The van der Waals surface area contributed by atoms with E-state index in [2.05, 4.69) is 55.3 Å². The van der Waals surface area contributed by atoms with Crippen LogP contribution in [0.5, 0.6) is 0 Å². The number of nitrogens with one attached hydrogen (secondary N) is 4. The summed E-state index contributed by atoms with van der Waals surface area (Å²) >= 11 is 0. The van der Waals surface area contributed by atoms with Crippen molar-refractivity contribution in [1.82, 2.24) is 35.7 Å². The van der Waals surface area contributed by atoms with Crippen molar-refractivity contribution in [2.75, 3.05) is 27.7 Å². The Morgan fingerprint density at radius 1 is 1.05 bits per heavy atom. The first kappa shape index (κ1) is 31.1. The third kappa shape index (κ3) is 13.1. The van der Waals surface area contributed by atoms with Gasteiger partial charge in [-0.1, -0.05) is 37.1 Å². The number of amides is 1. The first-order valence-corrected chi connectivity index (χ1v) is 12.5. The number of nitrogens with two attached hydrogens (primary N) is 1. The quantitative estimate of drug-likeness (QED) is 0.186. The van der Waals surface area contributed by atoms with E-state index in [0.717, 1.165) is 66.7 Å². The second kappa shape index (κ2) is 19.3. The van der Waals surface area contributed by atoms with E-state index in [0.29, 0.717) is 6.42 Å². The first-order valence-electron chi connectivity index (χ1n) is 12.5. The molecule has 0 saturated heterocycles. The molecule has 2 heterocycles. The van der Waals surface area contributed by atoms with Crippen molar-refractivity contribution in [3.05, 3.63) is 60.9 Å². The summed E-state index contributed by atoms with van der Waals surface area (Å²) in [6.45, 7) is 0.268. The number of carbonyl (C=O) groups excluding carboxylic acids is 2. The number of carbonyl (C=O) groups is 2. The zero-order chi connectivity index (χ0) is 27.3. The SMILES string of the molecule is CNC.CNC(=O)CN/C=C\N.Cn1ccc(-c2ccc(-c3cnc(CCCCCCC=O)[nH]3)cc2)n1. The number of aldehydes is 1. The molecule has 10 nitrogen and oxygen atoms in total. The first-order chi connectivity index (χ1) is 18.0. The average molecular weight is 511 g/mol. The molecule has 10 heteroatoms. The van der Waals surface area contributed by atoms with Crippen molar-refractivity contribution in [2.24, 2.45) is 12.8 Å². The monoisotopic (exact) mass is 510 g/mol. The maximum absolute atomic E-state index is 10.4. The molecule has 1 amide bonds. The van der Waals surface area contributed by atoms with Crippen LogP contribution in [-0.4, -0.2) is 59.6 Å². The maximum atomic E-state index is 10.4. The number of aromatic nitrogens is 4. The summed E-state index contributed by atoms with van der Waals surface area (Å²) < 4.78 is 1.81. The Balaban J connectivity index is 0.000000480. The molecule has 0 radical (unpaired) electrons. The highest BCUT2D eigenvalue weighted by atomic mass is 16.1. The summed E-state index contributed by atoms with van der Waals surface area (Å²) in [6.07, 6.45) is 13.7. The van der Waals surface area contributed by atoms with Crippen molar-refractivity contribution >= 4 is 12.2 Å². The van der Waals surface area contributed by atoms with Gasteiger partial charge in [0.1, 0.15) is 12.1 Å². The second-order valence-corrected chi connectivity index (χ2v) is 8.23. The third-order valence-corrected chi connectivity index (χ3v) is 5.07. The van der Waals surface area contributed by atoms with Crippen molar-refractivity contribution in [1.29, 1.82) is 0 Å².